The smallest absolute Gasteiger partial charge is 0.295 e. The molecule has 2 fully saturated rings. The van der Waals surface area contributed by atoms with Gasteiger partial charge in [0, 0.05) is 23.4 Å². The van der Waals surface area contributed by atoms with Crippen molar-refractivity contribution in [2.24, 2.45) is 0 Å². The molecule has 0 bridgehead atoms. The van der Waals surface area contributed by atoms with Crippen LogP contribution in [0.15, 0.2) is 47.4 Å². The Hall–Kier alpha value is -2.68. The van der Waals surface area contributed by atoms with E-state index in [0.29, 0.717) is 17.9 Å². The highest BCUT2D eigenvalue weighted by molar-refractivity contribution is 7.10. The first-order valence-corrected chi connectivity index (χ1v) is 12.3. The Balaban J connectivity index is 1.59. The highest BCUT2D eigenvalue weighted by Gasteiger charge is 2.44. The van der Waals surface area contributed by atoms with Crippen LogP contribution in [0.2, 0.25) is 0 Å². The van der Waals surface area contributed by atoms with E-state index in [1.54, 1.807) is 29.2 Å². The third kappa shape index (κ3) is 5.29. The second-order valence-electron chi connectivity index (χ2n) is 8.65. The molecule has 0 radical (unpaired) electrons. The fraction of sp³-hybridized carbons (Fsp3) is 0.440. The summed E-state index contributed by atoms with van der Waals surface area (Å²) in [7, 11) is 0. The first-order chi connectivity index (χ1) is 16.0. The number of hydrogen-bond donors (Lipinski definition) is 1. The first kappa shape index (κ1) is 23.5. The topological polar surface area (TPSA) is 83.3 Å². The maximum absolute atomic E-state index is 13.4. The number of amides is 1. The first-order valence-electron chi connectivity index (χ1n) is 11.4. The number of Topliss-reactive ketones (excluding diaryl/α,β-unsaturated/α-hetero) is 1. The Bertz CT molecular complexity index is 994. The summed E-state index contributed by atoms with van der Waals surface area (Å²) in [5, 5.41) is 15.3. The van der Waals surface area contributed by atoms with E-state index < -0.39 is 23.5 Å². The number of morpholine rings is 1. The number of hydrogen-bond acceptors (Lipinski definition) is 6. The quantitative estimate of drug-likeness (QED) is 0.355. The third-order valence-corrected chi connectivity index (χ3v) is 6.88. The molecule has 3 heterocycles. The van der Waals surface area contributed by atoms with Gasteiger partial charge in [-0.05, 0) is 43.0 Å². The summed E-state index contributed by atoms with van der Waals surface area (Å²) in [6.45, 7) is 8.61. The van der Waals surface area contributed by atoms with Crippen LogP contribution < -0.4 is 14.7 Å². The zero-order valence-corrected chi connectivity index (χ0v) is 19.9. The van der Waals surface area contributed by atoms with Crippen molar-refractivity contribution >= 4 is 28.8 Å². The third-order valence-electron chi connectivity index (χ3n) is 5.96. The van der Waals surface area contributed by atoms with E-state index in [4.69, 9.17) is 9.47 Å². The fourth-order valence-corrected chi connectivity index (χ4v) is 5.21. The molecule has 1 atom stereocenters. The van der Waals surface area contributed by atoms with Crippen molar-refractivity contribution in [3.05, 3.63) is 57.8 Å². The van der Waals surface area contributed by atoms with Crippen molar-refractivity contribution in [1.29, 1.82) is 0 Å². The Morgan fingerprint density at radius 1 is 1.21 bits per heavy atom. The van der Waals surface area contributed by atoms with Gasteiger partial charge in [-0.25, -0.2) is 0 Å². The van der Waals surface area contributed by atoms with E-state index >= 15 is 0 Å². The summed E-state index contributed by atoms with van der Waals surface area (Å²) in [6, 6.07) is 9.87. The number of quaternary nitrogens is 1. The van der Waals surface area contributed by atoms with Gasteiger partial charge in [0.05, 0.1) is 31.9 Å². The standard InChI is InChI=1S/C25H30N2O5S/c1-17(2)32-19-8-6-18(7-9-19)23(28)21-22(20-5-3-16-33-20)27(25(30)24(21)29)11-4-10-26-12-14-31-15-13-26/h3,5-9,16-17,22,28H,4,10-15H2,1-2H3/b23-21+. The van der Waals surface area contributed by atoms with Crippen LogP contribution in [0.3, 0.4) is 0 Å². The summed E-state index contributed by atoms with van der Waals surface area (Å²) < 4.78 is 11.1. The number of rotatable bonds is 8. The fourth-order valence-electron chi connectivity index (χ4n) is 4.37. The number of nitrogens with one attached hydrogen (secondary N) is 1. The molecule has 2 aliphatic heterocycles. The van der Waals surface area contributed by atoms with Gasteiger partial charge in [-0.1, -0.05) is 24.0 Å². The maximum atomic E-state index is 13.4. The van der Waals surface area contributed by atoms with Gasteiger partial charge >= 0.3 is 0 Å². The van der Waals surface area contributed by atoms with E-state index in [2.05, 4.69) is 0 Å². The minimum atomic E-state index is -0.695. The second-order valence-corrected chi connectivity index (χ2v) is 9.62. The lowest BCUT2D eigenvalue weighted by molar-refractivity contribution is -0.908. The van der Waals surface area contributed by atoms with Crippen LogP contribution in [0.5, 0.6) is 5.75 Å². The van der Waals surface area contributed by atoms with Crippen LogP contribution in [0, 0.1) is 0 Å². The molecule has 7 nitrogen and oxygen atoms in total. The minimum Gasteiger partial charge on any atom is -0.872 e. The molecule has 2 saturated heterocycles. The molecule has 2 aliphatic rings. The molecule has 0 spiro atoms. The summed E-state index contributed by atoms with van der Waals surface area (Å²) in [5.74, 6) is -1.03. The normalized spacial score (nSPS) is 21.2. The average molecular weight is 471 g/mol. The number of ketones is 1. The van der Waals surface area contributed by atoms with Crippen LogP contribution >= 0.6 is 11.3 Å². The van der Waals surface area contributed by atoms with Crippen LogP contribution in [-0.4, -0.2) is 62.1 Å². The van der Waals surface area contributed by atoms with Crippen molar-refractivity contribution < 1.29 is 29.1 Å². The number of nitrogens with zero attached hydrogens (tertiary/aromatic N) is 1. The molecule has 0 aliphatic carbocycles. The van der Waals surface area contributed by atoms with Crippen LogP contribution in [0.1, 0.15) is 36.8 Å². The Morgan fingerprint density at radius 3 is 2.58 bits per heavy atom. The second kappa shape index (κ2) is 10.5. The largest absolute Gasteiger partial charge is 0.872 e. The Morgan fingerprint density at radius 2 is 1.94 bits per heavy atom. The molecule has 33 heavy (non-hydrogen) atoms. The predicted octanol–water partition coefficient (Wildman–Crippen LogP) is 1.06. The molecule has 1 N–H and O–H groups in total. The monoisotopic (exact) mass is 470 g/mol. The van der Waals surface area contributed by atoms with Crippen LogP contribution in [0.25, 0.3) is 5.76 Å². The predicted molar refractivity (Wildman–Crippen MR) is 124 cm³/mol. The van der Waals surface area contributed by atoms with Gasteiger partial charge < -0.3 is 24.4 Å². The molecule has 1 aromatic heterocycles. The number of thiophene rings is 1. The molecule has 1 aromatic carbocycles. The highest BCUT2D eigenvalue weighted by Crippen LogP contribution is 2.40. The van der Waals surface area contributed by atoms with E-state index in [0.717, 1.165) is 44.1 Å². The van der Waals surface area contributed by atoms with Crippen molar-refractivity contribution in [1.82, 2.24) is 4.90 Å². The molecule has 1 amide bonds. The van der Waals surface area contributed by atoms with Crippen molar-refractivity contribution in [3.63, 3.8) is 0 Å². The molecule has 1 unspecified atom stereocenters. The van der Waals surface area contributed by atoms with Crippen molar-refractivity contribution in [2.75, 3.05) is 39.4 Å². The molecular weight excluding hydrogens is 440 g/mol. The molecule has 176 valence electrons. The summed E-state index contributed by atoms with van der Waals surface area (Å²) >= 11 is 1.45. The molecule has 8 heteroatoms. The lowest BCUT2D eigenvalue weighted by Gasteiger charge is -2.28. The lowest BCUT2D eigenvalue weighted by atomic mass is 10.00. The molecular formula is C25H30N2O5S. The van der Waals surface area contributed by atoms with Crippen molar-refractivity contribution in [2.45, 2.75) is 32.4 Å². The van der Waals surface area contributed by atoms with Gasteiger partial charge in [0.25, 0.3) is 5.91 Å². The van der Waals surface area contributed by atoms with Gasteiger partial charge in [-0.3, -0.25) is 9.59 Å². The number of benzene rings is 1. The number of carbonyl (C=O) groups is 2. The van der Waals surface area contributed by atoms with E-state index in [-0.39, 0.29) is 11.7 Å². The SMILES string of the molecule is CC(C)Oc1ccc(/C([O-])=C2\C(=O)C(=O)N(CCC[NH+]3CCOCC3)C2c2cccs2)cc1. The number of likely N-dealkylation sites (tertiary alicyclic amines) is 1. The summed E-state index contributed by atoms with van der Waals surface area (Å²) in [5.41, 5.74) is 0.419. The van der Waals surface area contributed by atoms with Gasteiger partial charge in [0.2, 0.25) is 5.78 Å². The van der Waals surface area contributed by atoms with Gasteiger partial charge in [0.1, 0.15) is 18.8 Å². The molecule has 0 saturated carbocycles. The van der Waals surface area contributed by atoms with Gasteiger partial charge in [-0.15, -0.1) is 11.3 Å². The van der Waals surface area contributed by atoms with Crippen LogP contribution in [0.4, 0.5) is 0 Å². The van der Waals surface area contributed by atoms with E-state index in [1.807, 2.05) is 31.4 Å². The Kier molecular flexibility index (Phi) is 7.47. The number of carbonyl (C=O) groups excluding carboxylic acids is 2. The van der Waals surface area contributed by atoms with Gasteiger partial charge in [0.15, 0.2) is 0 Å². The molecule has 2 aromatic rings. The van der Waals surface area contributed by atoms with Gasteiger partial charge in [-0.2, -0.15) is 0 Å². The highest BCUT2D eigenvalue weighted by atomic mass is 32.1. The van der Waals surface area contributed by atoms with E-state index in [1.165, 1.54) is 16.2 Å². The molecule has 4 rings (SSSR count). The Labute approximate surface area is 198 Å². The zero-order chi connectivity index (χ0) is 23.4. The average Bonchev–Trinajstić information content (AvgIpc) is 3.42. The summed E-state index contributed by atoms with van der Waals surface area (Å²) in [6.07, 6.45) is 0.782. The van der Waals surface area contributed by atoms with E-state index in [9.17, 15) is 14.7 Å². The minimum absolute atomic E-state index is 0.0195. The summed E-state index contributed by atoms with van der Waals surface area (Å²) in [4.78, 5) is 29.8. The van der Waals surface area contributed by atoms with Crippen molar-refractivity contribution in [3.8, 4) is 5.75 Å². The van der Waals surface area contributed by atoms with Crippen LogP contribution in [-0.2, 0) is 14.3 Å². The number of ether oxygens (including phenoxy) is 2. The maximum Gasteiger partial charge on any atom is 0.295 e. The zero-order valence-electron chi connectivity index (χ0n) is 19.0. The lowest BCUT2D eigenvalue weighted by Crippen LogP contribution is -3.14.